The number of hydrogen-bond acceptors (Lipinski definition) is 2. The van der Waals surface area contributed by atoms with Crippen molar-refractivity contribution in [2.75, 3.05) is 0 Å². The summed E-state index contributed by atoms with van der Waals surface area (Å²) in [5.74, 6) is -0.0000926. The minimum atomic E-state index is -0.408. The zero-order valence-electron chi connectivity index (χ0n) is 8.77. The summed E-state index contributed by atoms with van der Waals surface area (Å²) >= 11 is 11.9. The first-order valence-corrected chi connectivity index (χ1v) is 5.79. The maximum atomic E-state index is 10.7. The third kappa shape index (κ3) is 2.87. The van der Waals surface area contributed by atoms with E-state index < -0.39 is 4.92 Å². The smallest absolute Gasteiger partial charge is 0.258 e. The van der Waals surface area contributed by atoms with Gasteiger partial charge >= 0.3 is 0 Å². The highest BCUT2D eigenvalue weighted by molar-refractivity contribution is 6.35. The minimum absolute atomic E-state index is 0.0000926. The number of nitro groups is 1. The molecule has 0 N–H and O–H groups in total. The van der Waals surface area contributed by atoms with Gasteiger partial charge in [-0.2, -0.15) is 0 Å². The zero-order chi connectivity index (χ0) is 12.4. The summed E-state index contributed by atoms with van der Waals surface area (Å²) in [7, 11) is 0. The summed E-state index contributed by atoms with van der Waals surface area (Å²) in [4.78, 5) is 10.3. The van der Waals surface area contributed by atoms with Crippen LogP contribution in [0.15, 0.2) is 46.5 Å². The Labute approximate surface area is 108 Å². The van der Waals surface area contributed by atoms with Gasteiger partial charge in [-0.3, -0.25) is 10.1 Å². The van der Waals surface area contributed by atoms with E-state index in [1.54, 1.807) is 18.2 Å². The molecule has 1 aliphatic rings. The van der Waals surface area contributed by atoms with Crippen molar-refractivity contribution in [2.24, 2.45) is 0 Å². The van der Waals surface area contributed by atoms with Gasteiger partial charge in [0, 0.05) is 28.1 Å². The van der Waals surface area contributed by atoms with Crippen molar-refractivity contribution in [1.82, 2.24) is 0 Å². The predicted molar refractivity (Wildman–Crippen MR) is 68.3 cm³/mol. The van der Waals surface area contributed by atoms with E-state index in [1.807, 2.05) is 12.1 Å². The van der Waals surface area contributed by atoms with Crippen molar-refractivity contribution in [3.8, 4) is 0 Å². The number of non-ortho nitro benzene ring substituents is 1. The van der Waals surface area contributed by atoms with E-state index in [4.69, 9.17) is 23.2 Å². The van der Waals surface area contributed by atoms with Crippen molar-refractivity contribution in [2.45, 2.75) is 12.3 Å². The Balaban J connectivity index is 2.33. The summed E-state index contributed by atoms with van der Waals surface area (Å²) in [6, 6.07) is 6.53. The number of benzene rings is 1. The van der Waals surface area contributed by atoms with Crippen LogP contribution in [0.3, 0.4) is 0 Å². The fourth-order valence-electron chi connectivity index (χ4n) is 1.80. The number of rotatable bonds is 2. The number of hydrogen-bond donors (Lipinski definition) is 0. The first-order valence-electron chi connectivity index (χ1n) is 5.04. The second-order valence-electron chi connectivity index (χ2n) is 3.81. The number of halogens is 2. The van der Waals surface area contributed by atoms with Crippen molar-refractivity contribution in [3.63, 3.8) is 0 Å². The molecule has 0 amide bonds. The molecule has 2 rings (SSSR count). The Bertz CT molecular complexity index is 523. The maximum absolute atomic E-state index is 10.7. The van der Waals surface area contributed by atoms with E-state index in [-0.39, 0.29) is 11.6 Å². The van der Waals surface area contributed by atoms with Gasteiger partial charge in [-0.1, -0.05) is 41.4 Å². The van der Waals surface area contributed by atoms with E-state index in [0.29, 0.717) is 16.5 Å². The molecule has 0 aromatic heterocycles. The lowest BCUT2D eigenvalue weighted by molar-refractivity contribution is -0.384. The van der Waals surface area contributed by atoms with Gasteiger partial charge < -0.3 is 0 Å². The van der Waals surface area contributed by atoms with Crippen LogP contribution in [-0.4, -0.2) is 4.92 Å². The molecule has 1 unspecified atom stereocenters. The zero-order valence-corrected chi connectivity index (χ0v) is 10.3. The van der Waals surface area contributed by atoms with Gasteiger partial charge in [0.25, 0.3) is 5.69 Å². The molecule has 1 aliphatic carbocycles. The van der Waals surface area contributed by atoms with E-state index in [1.165, 1.54) is 6.07 Å². The molecule has 0 aliphatic heterocycles. The van der Waals surface area contributed by atoms with Crippen LogP contribution in [0.2, 0.25) is 0 Å². The van der Waals surface area contributed by atoms with Crippen LogP contribution >= 0.6 is 23.2 Å². The van der Waals surface area contributed by atoms with Crippen LogP contribution in [0.1, 0.15) is 17.9 Å². The molecule has 17 heavy (non-hydrogen) atoms. The van der Waals surface area contributed by atoms with Gasteiger partial charge in [-0.15, -0.1) is 0 Å². The second-order valence-corrected chi connectivity index (χ2v) is 4.73. The van der Waals surface area contributed by atoms with Crippen LogP contribution in [-0.2, 0) is 0 Å². The predicted octanol–water partition coefficient (Wildman–Crippen LogP) is 4.33. The van der Waals surface area contributed by atoms with Crippen molar-refractivity contribution < 1.29 is 4.92 Å². The molecule has 0 fully saturated rings. The van der Waals surface area contributed by atoms with Gasteiger partial charge in [0.2, 0.25) is 0 Å². The molecule has 3 nitrogen and oxygen atoms in total. The number of allylic oxidation sites excluding steroid dienone is 4. The van der Waals surface area contributed by atoms with Crippen LogP contribution < -0.4 is 0 Å². The van der Waals surface area contributed by atoms with Crippen LogP contribution in [0.5, 0.6) is 0 Å². The first kappa shape index (κ1) is 12.1. The molecule has 0 heterocycles. The summed E-state index contributed by atoms with van der Waals surface area (Å²) < 4.78 is 0. The highest BCUT2D eigenvalue weighted by Gasteiger charge is 2.17. The third-order valence-electron chi connectivity index (χ3n) is 2.58. The monoisotopic (exact) mass is 269 g/mol. The van der Waals surface area contributed by atoms with Crippen molar-refractivity contribution in [1.29, 1.82) is 0 Å². The lowest BCUT2D eigenvalue weighted by Crippen LogP contribution is -2.01. The molecule has 1 aromatic rings. The third-order valence-corrected chi connectivity index (χ3v) is 3.08. The average Bonchev–Trinajstić information content (AvgIpc) is 2.28. The molecular weight excluding hydrogens is 261 g/mol. The summed E-state index contributed by atoms with van der Waals surface area (Å²) in [5, 5.41) is 11.9. The quantitative estimate of drug-likeness (QED) is 0.593. The van der Waals surface area contributed by atoms with E-state index >= 15 is 0 Å². The topological polar surface area (TPSA) is 43.1 Å². The fraction of sp³-hybridized carbons (Fsp3) is 0.167. The Morgan fingerprint density at radius 3 is 2.76 bits per heavy atom. The molecule has 0 saturated heterocycles. The highest BCUT2D eigenvalue weighted by Crippen LogP contribution is 2.34. The molecular formula is C12H9Cl2NO2. The van der Waals surface area contributed by atoms with Gasteiger partial charge in [0.15, 0.2) is 0 Å². The maximum Gasteiger partial charge on any atom is 0.269 e. The first-order chi connectivity index (χ1) is 8.06. The lowest BCUT2D eigenvalue weighted by Gasteiger charge is -2.16. The normalized spacial score (nSPS) is 19.5. The standard InChI is InChI=1S/C12H9Cl2NO2/c13-10-4-9(5-11(14)7-10)8-2-1-3-12(6-8)15(16)17/h1-4,6-7,9H,5H2. The summed E-state index contributed by atoms with van der Waals surface area (Å²) in [6.07, 6.45) is 4.17. The van der Waals surface area contributed by atoms with Crippen LogP contribution in [0, 0.1) is 10.1 Å². The number of nitrogens with zero attached hydrogens (tertiary/aromatic N) is 1. The van der Waals surface area contributed by atoms with Crippen LogP contribution in [0.4, 0.5) is 5.69 Å². The molecule has 88 valence electrons. The molecule has 0 radical (unpaired) electrons. The van der Waals surface area contributed by atoms with Gasteiger partial charge in [0.1, 0.15) is 0 Å². The van der Waals surface area contributed by atoms with Gasteiger partial charge in [-0.25, -0.2) is 0 Å². The van der Waals surface area contributed by atoms with Crippen molar-refractivity contribution >= 4 is 28.9 Å². The SMILES string of the molecule is O=[N+]([O-])c1cccc(C2C=C(Cl)C=C(Cl)C2)c1. The Morgan fingerprint density at radius 1 is 1.35 bits per heavy atom. The molecule has 1 atom stereocenters. The number of nitro benzene ring substituents is 1. The molecule has 0 bridgehead atoms. The summed E-state index contributed by atoms with van der Waals surface area (Å²) in [5.41, 5.74) is 0.932. The Hall–Kier alpha value is -1.32. The lowest BCUT2D eigenvalue weighted by atomic mass is 9.92. The molecule has 1 aromatic carbocycles. The molecule has 5 heteroatoms. The van der Waals surface area contributed by atoms with E-state index in [2.05, 4.69) is 0 Å². The second kappa shape index (κ2) is 4.90. The summed E-state index contributed by atoms with van der Waals surface area (Å²) in [6.45, 7) is 0. The largest absolute Gasteiger partial charge is 0.269 e. The van der Waals surface area contributed by atoms with E-state index in [0.717, 1.165) is 5.56 Å². The Kier molecular flexibility index (Phi) is 3.50. The fourth-order valence-corrected chi connectivity index (χ4v) is 2.42. The highest BCUT2D eigenvalue weighted by atomic mass is 35.5. The van der Waals surface area contributed by atoms with Crippen molar-refractivity contribution in [3.05, 3.63) is 62.2 Å². The minimum Gasteiger partial charge on any atom is -0.258 e. The van der Waals surface area contributed by atoms with Gasteiger partial charge in [-0.05, 0) is 18.1 Å². The van der Waals surface area contributed by atoms with Crippen LogP contribution in [0.25, 0.3) is 0 Å². The molecule has 0 saturated carbocycles. The Morgan fingerprint density at radius 2 is 2.12 bits per heavy atom. The van der Waals surface area contributed by atoms with Gasteiger partial charge in [0.05, 0.1) is 4.92 Å². The molecule has 0 spiro atoms. The average molecular weight is 270 g/mol. The van der Waals surface area contributed by atoms with E-state index in [9.17, 15) is 10.1 Å².